The standard InChI is InChI=1S/C81H138O17P2/c1-5-9-13-17-21-25-29-33-36-37-40-43-46-50-54-58-62-66-79(84)92-71-76(97-80(85)67-63-59-55-51-47-41-32-28-24-20-16-12-8-4)73-95-99(87,88)93-69-75(82)70-94-100(89,90)96-74-77(98-81(86)68-64-60-56-52-48-44-39-35-31-27-23-19-15-11-7-3)72-91-78(83)65-61-57-53-49-45-42-38-34-30-26-22-18-14-10-6-2/h9-11,13-15,21-23,25-27,33-36,38-40,43,75-77,82H,5-8,12,16-20,24,28-32,37,41-42,44-74H2,1-4H3,(H,87,88)(H,89,90)/b13-9-,14-10-,15-11-,25-21-,26-22-,27-23-,36-33-,38-34-,39-35-,43-40-. The molecule has 0 aliphatic carbocycles. The Balaban J connectivity index is 5.39. The lowest BCUT2D eigenvalue weighted by molar-refractivity contribution is -0.161. The van der Waals surface area contributed by atoms with Gasteiger partial charge >= 0.3 is 39.5 Å². The number of phosphoric ester groups is 2. The molecule has 574 valence electrons. The average Bonchev–Trinajstić information content (AvgIpc) is 0.965. The van der Waals surface area contributed by atoms with E-state index in [-0.39, 0.29) is 25.7 Å². The zero-order valence-corrected chi connectivity index (χ0v) is 64.4. The summed E-state index contributed by atoms with van der Waals surface area (Å²) >= 11 is 0. The van der Waals surface area contributed by atoms with Crippen molar-refractivity contribution >= 4 is 39.5 Å². The summed E-state index contributed by atoms with van der Waals surface area (Å²) in [5.74, 6) is -2.23. The van der Waals surface area contributed by atoms with E-state index in [0.29, 0.717) is 25.7 Å². The van der Waals surface area contributed by atoms with Crippen LogP contribution in [0.2, 0.25) is 0 Å². The lowest BCUT2D eigenvalue weighted by Gasteiger charge is -2.21. The van der Waals surface area contributed by atoms with Crippen LogP contribution >= 0.6 is 15.6 Å². The first-order valence-corrected chi connectivity index (χ1v) is 41.8. The summed E-state index contributed by atoms with van der Waals surface area (Å²) in [5, 5.41) is 10.6. The van der Waals surface area contributed by atoms with Crippen molar-refractivity contribution in [2.24, 2.45) is 0 Å². The molecule has 0 rings (SSSR count). The summed E-state index contributed by atoms with van der Waals surface area (Å²) in [5.41, 5.74) is 0. The van der Waals surface area contributed by atoms with Crippen molar-refractivity contribution in [3.8, 4) is 0 Å². The number of carbonyl (C=O) groups is 4. The summed E-state index contributed by atoms with van der Waals surface area (Å²) in [6, 6.07) is 0. The molecule has 0 amide bonds. The quantitative estimate of drug-likeness (QED) is 0.0169. The lowest BCUT2D eigenvalue weighted by atomic mass is 10.0. The Morgan fingerprint density at radius 2 is 0.520 bits per heavy atom. The van der Waals surface area contributed by atoms with Gasteiger partial charge in [-0.05, 0) is 128 Å². The van der Waals surface area contributed by atoms with Gasteiger partial charge in [0.1, 0.15) is 19.3 Å². The van der Waals surface area contributed by atoms with Crippen molar-refractivity contribution in [3.63, 3.8) is 0 Å². The Hall–Kier alpha value is -4.54. The lowest BCUT2D eigenvalue weighted by Crippen LogP contribution is -2.30. The minimum Gasteiger partial charge on any atom is -0.462 e. The van der Waals surface area contributed by atoms with Crippen molar-refractivity contribution in [3.05, 3.63) is 122 Å². The van der Waals surface area contributed by atoms with Crippen molar-refractivity contribution in [2.75, 3.05) is 39.6 Å². The highest BCUT2D eigenvalue weighted by molar-refractivity contribution is 7.47. The second-order valence-corrected chi connectivity index (χ2v) is 28.4. The van der Waals surface area contributed by atoms with Crippen LogP contribution in [-0.4, -0.2) is 96.7 Å². The van der Waals surface area contributed by atoms with Gasteiger partial charge in [-0.2, -0.15) is 0 Å². The molecule has 0 spiro atoms. The van der Waals surface area contributed by atoms with Crippen LogP contribution in [0.4, 0.5) is 0 Å². The van der Waals surface area contributed by atoms with Crippen molar-refractivity contribution in [1.29, 1.82) is 0 Å². The molecule has 0 saturated heterocycles. The third-order valence-corrected chi connectivity index (χ3v) is 17.8. The van der Waals surface area contributed by atoms with E-state index in [2.05, 4.69) is 149 Å². The number of carbonyl (C=O) groups excluding carboxylic acids is 4. The summed E-state index contributed by atoms with van der Waals surface area (Å²) in [7, 11) is -9.97. The van der Waals surface area contributed by atoms with Crippen molar-refractivity contribution in [2.45, 2.75) is 329 Å². The number of allylic oxidation sites excluding steroid dienone is 20. The van der Waals surface area contributed by atoms with Crippen LogP contribution in [0.15, 0.2) is 122 Å². The number of unbranched alkanes of at least 4 members (excludes halogenated alkanes) is 26. The first-order valence-electron chi connectivity index (χ1n) is 38.8. The van der Waals surface area contributed by atoms with Gasteiger partial charge in [0.05, 0.1) is 26.4 Å². The zero-order chi connectivity index (χ0) is 73.2. The van der Waals surface area contributed by atoms with Gasteiger partial charge in [-0.3, -0.25) is 37.3 Å². The molecule has 0 aromatic carbocycles. The van der Waals surface area contributed by atoms with Crippen LogP contribution in [0.25, 0.3) is 0 Å². The molecular weight excluding hydrogens is 1310 g/mol. The van der Waals surface area contributed by atoms with Crippen molar-refractivity contribution in [1.82, 2.24) is 0 Å². The number of aliphatic hydroxyl groups excluding tert-OH is 1. The second kappa shape index (κ2) is 72.8. The third kappa shape index (κ3) is 71.8. The van der Waals surface area contributed by atoms with Crippen LogP contribution in [0, 0.1) is 0 Å². The van der Waals surface area contributed by atoms with Gasteiger partial charge in [0, 0.05) is 25.7 Å². The number of ether oxygens (including phenoxy) is 4. The molecule has 19 heteroatoms. The minimum atomic E-state index is -4.99. The molecule has 0 heterocycles. The first-order chi connectivity index (χ1) is 48.7. The van der Waals surface area contributed by atoms with E-state index in [9.17, 15) is 43.2 Å². The molecule has 3 N–H and O–H groups in total. The van der Waals surface area contributed by atoms with E-state index in [1.54, 1.807) is 0 Å². The van der Waals surface area contributed by atoms with Gasteiger partial charge < -0.3 is 33.8 Å². The van der Waals surface area contributed by atoms with Gasteiger partial charge in [-0.15, -0.1) is 0 Å². The Kier molecular flexibility index (Phi) is 69.5. The Bertz CT molecular complexity index is 2370. The van der Waals surface area contributed by atoms with Crippen LogP contribution in [-0.2, 0) is 65.4 Å². The molecular formula is C81H138O17P2. The van der Waals surface area contributed by atoms with E-state index in [1.807, 2.05) is 0 Å². The Morgan fingerprint density at radius 1 is 0.290 bits per heavy atom. The fourth-order valence-corrected chi connectivity index (χ4v) is 11.7. The molecule has 100 heavy (non-hydrogen) atoms. The topological polar surface area (TPSA) is 237 Å². The number of aliphatic hydroxyl groups is 1. The maximum atomic E-state index is 13.1. The normalized spacial score (nSPS) is 14.6. The van der Waals surface area contributed by atoms with Crippen LogP contribution in [0.5, 0.6) is 0 Å². The van der Waals surface area contributed by atoms with Gasteiger partial charge in [0.2, 0.25) is 0 Å². The van der Waals surface area contributed by atoms with E-state index < -0.39 is 97.5 Å². The fraction of sp³-hybridized carbons (Fsp3) is 0.704. The second-order valence-electron chi connectivity index (χ2n) is 25.5. The summed E-state index contributed by atoms with van der Waals surface area (Å²) in [4.78, 5) is 72.9. The Labute approximate surface area is 606 Å². The summed E-state index contributed by atoms with van der Waals surface area (Å²) in [6.07, 6.45) is 78.9. The van der Waals surface area contributed by atoms with E-state index >= 15 is 0 Å². The van der Waals surface area contributed by atoms with Gasteiger partial charge in [0.25, 0.3) is 0 Å². The molecule has 0 aliphatic heterocycles. The number of hydrogen-bond donors (Lipinski definition) is 3. The molecule has 0 aromatic rings. The number of hydrogen-bond acceptors (Lipinski definition) is 15. The minimum absolute atomic E-state index is 0.0694. The molecule has 0 bridgehead atoms. The molecule has 0 fully saturated rings. The number of rotatable bonds is 72. The smallest absolute Gasteiger partial charge is 0.462 e. The molecule has 5 unspecified atom stereocenters. The van der Waals surface area contributed by atoms with Crippen LogP contribution in [0.1, 0.15) is 310 Å². The first kappa shape index (κ1) is 95.5. The maximum Gasteiger partial charge on any atom is 0.472 e. The number of phosphoric acid groups is 2. The van der Waals surface area contributed by atoms with Gasteiger partial charge in [-0.25, -0.2) is 9.13 Å². The molecule has 0 aliphatic rings. The van der Waals surface area contributed by atoms with E-state index in [0.717, 1.165) is 180 Å². The van der Waals surface area contributed by atoms with E-state index in [1.165, 1.54) is 51.4 Å². The molecule has 0 aromatic heterocycles. The molecule has 0 radical (unpaired) electrons. The predicted octanol–water partition coefficient (Wildman–Crippen LogP) is 22.3. The summed E-state index contributed by atoms with van der Waals surface area (Å²) < 4.78 is 68.5. The maximum absolute atomic E-state index is 13.1. The van der Waals surface area contributed by atoms with Gasteiger partial charge in [-0.1, -0.05) is 278 Å². The molecule has 5 atom stereocenters. The van der Waals surface area contributed by atoms with Crippen LogP contribution in [0.3, 0.4) is 0 Å². The molecule has 17 nitrogen and oxygen atoms in total. The zero-order valence-electron chi connectivity index (χ0n) is 62.6. The predicted molar refractivity (Wildman–Crippen MR) is 408 cm³/mol. The van der Waals surface area contributed by atoms with Crippen molar-refractivity contribution < 1.29 is 80.2 Å². The third-order valence-electron chi connectivity index (χ3n) is 15.9. The highest BCUT2D eigenvalue weighted by atomic mass is 31.2. The molecule has 0 saturated carbocycles. The fourth-order valence-electron chi connectivity index (χ4n) is 10.1. The summed E-state index contributed by atoms with van der Waals surface area (Å²) in [6.45, 7) is 4.49. The monoisotopic (exact) mass is 1440 g/mol. The largest absolute Gasteiger partial charge is 0.472 e. The van der Waals surface area contributed by atoms with Crippen LogP contribution < -0.4 is 0 Å². The van der Waals surface area contributed by atoms with Gasteiger partial charge in [0.15, 0.2) is 12.2 Å². The SMILES string of the molecule is CC/C=C\C/C=C\C/C=C\C/C=C\CCCCCCC(=O)OCC(COP(=O)(O)OCC(O)COP(=O)(O)OCC(COC(=O)CCCCCCC/C=C\C/C=C\C/C=C\CC)OC(=O)CCCCCCC/C=C\C/C=C\C/C=C\CC)OC(=O)CCCCCCCCCCCCCCC. The Morgan fingerprint density at radius 3 is 0.800 bits per heavy atom. The highest BCUT2D eigenvalue weighted by Crippen LogP contribution is 2.45. The number of esters is 4. The highest BCUT2D eigenvalue weighted by Gasteiger charge is 2.30. The average molecular weight is 1450 g/mol. The van der Waals surface area contributed by atoms with E-state index in [4.69, 9.17) is 37.0 Å².